The Hall–Kier alpha value is -2.63. The van der Waals surface area contributed by atoms with E-state index in [1.54, 1.807) is 6.20 Å². The third-order valence-electron chi connectivity index (χ3n) is 6.05. The summed E-state index contributed by atoms with van der Waals surface area (Å²) in [6.07, 6.45) is 8.32. The molecule has 1 aromatic heterocycles. The van der Waals surface area contributed by atoms with Crippen molar-refractivity contribution in [3.05, 3.63) is 54.4 Å². The van der Waals surface area contributed by atoms with E-state index in [4.69, 9.17) is 0 Å². The zero-order valence-corrected chi connectivity index (χ0v) is 16.3. The lowest BCUT2D eigenvalue weighted by Gasteiger charge is -2.44. The molecule has 2 amide bonds. The standard InChI is InChI=1S/C22H28N4O2/c27-20(10-4-15-25-16-7-13-23-25)26-17-6-12-22(26)11-5-14-24(21(22)28)18-19-8-2-1-3-9-19/h1-3,7-9,13,16H,4-6,10-12,14-15,17-18H2. The fraction of sp³-hybridized carbons (Fsp3) is 0.500. The monoisotopic (exact) mass is 380 g/mol. The first-order valence-corrected chi connectivity index (χ1v) is 10.3. The maximum Gasteiger partial charge on any atom is 0.248 e. The fourth-order valence-electron chi connectivity index (χ4n) is 4.70. The van der Waals surface area contributed by atoms with Gasteiger partial charge in [-0.3, -0.25) is 14.3 Å². The lowest BCUT2D eigenvalue weighted by molar-refractivity contribution is -0.156. The minimum Gasteiger partial charge on any atom is -0.336 e. The van der Waals surface area contributed by atoms with E-state index >= 15 is 0 Å². The van der Waals surface area contributed by atoms with Gasteiger partial charge in [-0.05, 0) is 43.7 Å². The van der Waals surface area contributed by atoms with Gasteiger partial charge in [-0.2, -0.15) is 5.10 Å². The van der Waals surface area contributed by atoms with Crippen LogP contribution in [0.15, 0.2) is 48.8 Å². The molecule has 28 heavy (non-hydrogen) atoms. The van der Waals surface area contributed by atoms with Gasteiger partial charge in [0.05, 0.1) is 0 Å². The van der Waals surface area contributed by atoms with Crippen LogP contribution in [0.1, 0.15) is 44.1 Å². The molecular formula is C22H28N4O2. The Morgan fingerprint density at radius 1 is 1.07 bits per heavy atom. The van der Waals surface area contributed by atoms with Gasteiger partial charge in [-0.15, -0.1) is 0 Å². The zero-order valence-electron chi connectivity index (χ0n) is 16.3. The van der Waals surface area contributed by atoms with E-state index in [2.05, 4.69) is 17.2 Å². The van der Waals surface area contributed by atoms with Crippen LogP contribution in [-0.2, 0) is 22.7 Å². The predicted molar refractivity (Wildman–Crippen MR) is 106 cm³/mol. The minimum absolute atomic E-state index is 0.111. The van der Waals surface area contributed by atoms with Crippen LogP contribution in [0.5, 0.6) is 0 Å². The van der Waals surface area contributed by atoms with E-state index in [0.717, 1.165) is 50.8 Å². The van der Waals surface area contributed by atoms with Crippen molar-refractivity contribution in [2.75, 3.05) is 13.1 Å². The molecule has 3 heterocycles. The number of aryl methyl sites for hydroxylation is 1. The molecule has 4 rings (SSSR count). The second kappa shape index (κ2) is 8.17. The first-order valence-electron chi connectivity index (χ1n) is 10.3. The van der Waals surface area contributed by atoms with Crippen molar-refractivity contribution >= 4 is 11.8 Å². The molecule has 1 atom stereocenters. The Kier molecular flexibility index (Phi) is 5.46. The molecule has 2 aliphatic heterocycles. The molecule has 0 radical (unpaired) electrons. The molecule has 1 aromatic carbocycles. The molecule has 148 valence electrons. The number of rotatable bonds is 6. The Morgan fingerprint density at radius 2 is 1.86 bits per heavy atom. The van der Waals surface area contributed by atoms with Gasteiger partial charge in [-0.25, -0.2) is 0 Å². The number of aromatic nitrogens is 2. The Morgan fingerprint density at radius 3 is 2.61 bits per heavy atom. The second-order valence-corrected chi connectivity index (χ2v) is 7.87. The number of hydrogen-bond acceptors (Lipinski definition) is 3. The molecule has 1 spiro atoms. The van der Waals surface area contributed by atoms with Crippen LogP contribution in [0.25, 0.3) is 0 Å². The molecule has 0 aliphatic carbocycles. The number of carbonyl (C=O) groups is 2. The van der Waals surface area contributed by atoms with Crippen LogP contribution in [0, 0.1) is 0 Å². The van der Waals surface area contributed by atoms with Crippen LogP contribution < -0.4 is 0 Å². The van der Waals surface area contributed by atoms with Crippen LogP contribution >= 0.6 is 0 Å². The molecule has 6 nitrogen and oxygen atoms in total. The molecule has 0 N–H and O–H groups in total. The fourth-order valence-corrected chi connectivity index (χ4v) is 4.70. The zero-order chi connectivity index (χ0) is 19.4. The summed E-state index contributed by atoms with van der Waals surface area (Å²) >= 11 is 0. The van der Waals surface area contributed by atoms with E-state index in [0.29, 0.717) is 19.5 Å². The van der Waals surface area contributed by atoms with Crippen molar-refractivity contribution in [1.82, 2.24) is 19.6 Å². The summed E-state index contributed by atoms with van der Waals surface area (Å²) < 4.78 is 1.85. The predicted octanol–water partition coefficient (Wildman–Crippen LogP) is 2.85. The Labute approximate surface area is 166 Å². The quantitative estimate of drug-likeness (QED) is 0.774. The average Bonchev–Trinajstić information content (AvgIpc) is 3.37. The Bertz CT molecular complexity index is 805. The third kappa shape index (κ3) is 3.68. The second-order valence-electron chi connectivity index (χ2n) is 7.87. The molecule has 0 bridgehead atoms. The summed E-state index contributed by atoms with van der Waals surface area (Å²) in [5, 5.41) is 4.19. The van der Waals surface area contributed by atoms with Gasteiger partial charge >= 0.3 is 0 Å². The maximum absolute atomic E-state index is 13.4. The largest absolute Gasteiger partial charge is 0.336 e. The number of piperidine rings is 1. The molecule has 1 unspecified atom stereocenters. The van der Waals surface area contributed by atoms with Crippen LogP contribution in [0.2, 0.25) is 0 Å². The molecular weight excluding hydrogens is 352 g/mol. The first-order chi connectivity index (χ1) is 13.7. The summed E-state index contributed by atoms with van der Waals surface area (Å²) in [4.78, 5) is 30.3. The van der Waals surface area contributed by atoms with E-state index in [9.17, 15) is 9.59 Å². The molecule has 2 saturated heterocycles. The summed E-state index contributed by atoms with van der Waals surface area (Å²) in [6, 6.07) is 12.0. The van der Waals surface area contributed by atoms with E-state index in [1.165, 1.54) is 0 Å². The van der Waals surface area contributed by atoms with Crippen molar-refractivity contribution in [3.63, 3.8) is 0 Å². The first kappa shape index (κ1) is 18.7. The molecule has 2 fully saturated rings. The van der Waals surface area contributed by atoms with Crippen LogP contribution in [-0.4, -0.2) is 50.0 Å². The summed E-state index contributed by atoms with van der Waals surface area (Å²) in [5.74, 6) is 0.250. The number of amides is 2. The lowest BCUT2D eigenvalue weighted by atomic mass is 9.85. The van der Waals surface area contributed by atoms with Gasteiger partial charge < -0.3 is 9.80 Å². The van der Waals surface area contributed by atoms with Gasteiger partial charge in [0, 0.05) is 45.0 Å². The summed E-state index contributed by atoms with van der Waals surface area (Å²) in [5.41, 5.74) is 0.526. The van der Waals surface area contributed by atoms with Gasteiger partial charge in [0.25, 0.3) is 0 Å². The van der Waals surface area contributed by atoms with Crippen molar-refractivity contribution < 1.29 is 9.59 Å². The Balaban J connectivity index is 1.42. The van der Waals surface area contributed by atoms with E-state index < -0.39 is 5.54 Å². The molecule has 2 aromatic rings. The highest BCUT2D eigenvalue weighted by molar-refractivity contribution is 5.92. The number of hydrogen-bond donors (Lipinski definition) is 0. The SMILES string of the molecule is O=C(CCCn1cccn1)N1CCCC12CCCN(Cc1ccccc1)C2=O. The molecule has 2 aliphatic rings. The highest BCUT2D eigenvalue weighted by Gasteiger charge is 2.52. The topological polar surface area (TPSA) is 58.4 Å². The maximum atomic E-state index is 13.4. The van der Waals surface area contributed by atoms with Gasteiger partial charge in [-0.1, -0.05) is 30.3 Å². The number of carbonyl (C=O) groups excluding carboxylic acids is 2. The highest BCUT2D eigenvalue weighted by Crippen LogP contribution is 2.39. The van der Waals surface area contributed by atoms with Gasteiger partial charge in [0.2, 0.25) is 11.8 Å². The van der Waals surface area contributed by atoms with Crippen molar-refractivity contribution in [3.8, 4) is 0 Å². The van der Waals surface area contributed by atoms with Crippen LogP contribution in [0.4, 0.5) is 0 Å². The highest BCUT2D eigenvalue weighted by atomic mass is 16.2. The molecule has 0 saturated carbocycles. The van der Waals surface area contributed by atoms with Gasteiger partial charge in [0.15, 0.2) is 0 Å². The van der Waals surface area contributed by atoms with Crippen molar-refractivity contribution in [1.29, 1.82) is 0 Å². The average molecular weight is 380 g/mol. The van der Waals surface area contributed by atoms with Crippen molar-refractivity contribution in [2.24, 2.45) is 0 Å². The number of benzene rings is 1. The van der Waals surface area contributed by atoms with E-state index in [1.807, 2.05) is 44.9 Å². The smallest absolute Gasteiger partial charge is 0.248 e. The minimum atomic E-state index is -0.615. The van der Waals surface area contributed by atoms with Crippen LogP contribution in [0.3, 0.4) is 0 Å². The van der Waals surface area contributed by atoms with Gasteiger partial charge in [0.1, 0.15) is 5.54 Å². The molecule has 6 heteroatoms. The number of nitrogens with zero attached hydrogens (tertiary/aromatic N) is 4. The van der Waals surface area contributed by atoms with E-state index in [-0.39, 0.29) is 11.8 Å². The summed E-state index contributed by atoms with van der Waals surface area (Å²) in [6.45, 7) is 2.83. The number of likely N-dealkylation sites (tertiary alicyclic amines) is 2. The normalized spacial score (nSPS) is 22.2. The summed E-state index contributed by atoms with van der Waals surface area (Å²) in [7, 11) is 0. The lowest BCUT2D eigenvalue weighted by Crippen LogP contribution is -2.61. The third-order valence-corrected chi connectivity index (χ3v) is 6.05. The van der Waals surface area contributed by atoms with Crippen molar-refractivity contribution in [2.45, 2.75) is 57.2 Å².